The second-order valence-corrected chi connectivity index (χ2v) is 7.80. The predicted molar refractivity (Wildman–Crippen MR) is 86.8 cm³/mol. The summed E-state index contributed by atoms with van der Waals surface area (Å²) in [7, 11) is 0. The highest BCUT2D eigenvalue weighted by atomic mass is 16.3. The molecule has 6 atom stereocenters. The molecule has 0 spiro atoms. The molecule has 0 aromatic heterocycles. The monoisotopic (exact) mass is 310 g/mol. The van der Waals surface area contributed by atoms with Crippen molar-refractivity contribution in [3.8, 4) is 0 Å². The van der Waals surface area contributed by atoms with Gasteiger partial charge in [0, 0.05) is 17.3 Å². The van der Waals surface area contributed by atoms with E-state index in [1.165, 1.54) is 0 Å². The van der Waals surface area contributed by atoms with Crippen LogP contribution in [0.2, 0.25) is 0 Å². The first kappa shape index (κ1) is 14.8. The van der Waals surface area contributed by atoms with Crippen molar-refractivity contribution in [2.45, 2.75) is 38.2 Å². The first-order chi connectivity index (χ1) is 10.8. The summed E-state index contributed by atoms with van der Waals surface area (Å²) in [6.45, 7) is 7.81. The van der Waals surface area contributed by atoms with Crippen LogP contribution in [0.15, 0.2) is 42.5 Å². The summed E-state index contributed by atoms with van der Waals surface area (Å²) in [5, 5.41) is 11.4. The third-order valence-electron chi connectivity index (χ3n) is 6.85. The van der Waals surface area contributed by atoms with Crippen molar-refractivity contribution < 1.29 is 14.7 Å². The molecule has 4 aliphatic carbocycles. The van der Waals surface area contributed by atoms with Crippen molar-refractivity contribution >= 4 is 11.6 Å². The van der Waals surface area contributed by atoms with Crippen LogP contribution >= 0.6 is 0 Å². The van der Waals surface area contributed by atoms with Gasteiger partial charge in [-0.05, 0) is 32.3 Å². The lowest BCUT2D eigenvalue weighted by Gasteiger charge is -2.65. The molecule has 0 heterocycles. The van der Waals surface area contributed by atoms with Gasteiger partial charge >= 0.3 is 0 Å². The van der Waals surface area contributed by atoms with Gasteiger partial charge in [-0.15, -0.1) is 0 Å². The van der Waals surface area contributed by atoms with Gasteiger partial charge < -0.3 is 5.11 Å². The lowest BCUT2D eigenvalue weighted by Crippen LogP contribution is -2.72. The Morgan fingerprint density at radius 1 is 1.17 bits per heavy atom. The molecule has 1 aromatic rings. The highest BCUT2D eigenvalue weighted by Gasteiger charge is 2.72. The molecule has 1 N–H and O–H groups in total. The fourth-order valence-electron chi connectivity index (χ4n) is 5.66. The van der Waals surface area contributed by atoms with Crippen LogP contribution < -0.4 is 0 Å². The van der Waals surface area contributed by atoms with Crippen molar-refractivity contribution in [3.05, 3.63) is 48.0 Å². The minimum absolute atomic E-state index is 0.0679. The first-order valence-corrected chi connectivity index (χ1v) is 8.32. The Hall–Kier alpha value is -1.74. The quantitative estimate of drug-likeness (QED) is 0.675. The summed E-state index contributed by atoms with van der Waals surface area (Å²) in [6.07, 6.45) is 1.04. The third-order valence-corrected chi connectivity index (χ3v) is 6.85. The Bertz CT molecular complexity index is 718. The number of benzene rings is 1. The maximum Gasteiger partial charge on any atom is 0.149 e. The van der Waals surface area contributed by atoms with Crippen molar-refractivity contribution in [1.29, 1.82) is 0 Å². The smallest absolute Gasteiger partial charge is 0.149 e. The van der Waals surface area contributed by atoms with E-state index in [1.54, 1.807) is 6.92 Å². The lowest BCUT2D eigenvalue weighted by molar-refractivity contribution is -0.206. The molecule has 4 fully saturated rings. The van der Waals surface area contributed by atoms with Gasteiger partial charge in [-0.25, -0.2) is 0 Å². The number of Topliss-reactive ketones (excluding diaryl/α,β-unsaturated/α-hetero) is 2. The van der Waals surface area contributed by atoms with Crippen LogP contribution in [0, 0.1) is 23.2 Å². The number of rotatable bonds is 2. The van der Waals surface area contributed by atoms with Gasteiger partial charge in [0.1, 0.15) is 11.6 Å². The second-order valence-electron chi connectivity index (χ2n) is 7.80. The van der Waals surface area contributed by atoms with Gasteiger partial charge in [0.15, 0.2) is 0 Å². The van der Waals surface area contributed by atoms with Crippen molar-refractivity contribution in [3.63, 3.8) is 0 Å². The zero-order valence-electron chi connectivity index (χ0n) is 13.6. The number of ketones is 2. The van der Waals surface area contributed by atoms with E-state index >= 15 is 0 Å². The highest BCUT2D eigenvalue weighted by molar-refractivity contribution is 6.10. The third kappa shape index (κ3) is 1.59. The largest absolute Gasteiger partial charge is 0.388 e. The second kappa shape index (κ2) is 4.41. The van der Waals surface area contributed by atoms with Crippen molar-refractivity contribution in [2.24, 2.45) is 23.2 Å². The molecule has 0 amide bonds. The van der Waals surface area contributed by atoms with Gasteiger partial charge in [0.2, 0.25) is 0 Å². The van der Waals surface area contributed by atoms with E-state index in [0.717, 1.165) is 11.1 Å². The Morgan fingerprint density at radius 3 is 2.43 bits per heavy atom. The molecule has 23 heavy (non-hydrogen) atoms. The van der Waals surface area contributed by atoms with Crippen LogP contribution in [0.25, 0.3) is 0 Å². The van der Waals surface area contributed by atoms with E-state index in [0.29, 0.717) is 12.8 Å². The normalized spacial score (nSPS) is 44.7. The van der Waals surface area contributed by atoms with Crippen LogP contribution in [0.1, 0.15) is 38.2 Å². The maximum atomic E-state index is 12.9. The molecule has 3 heteroatoms. The molecule has 0 saturated heterocycles. The van der Waals surface area contributed by atoms with Crippen LogP contribution in [0.4, 0.5) is 0 Å². The molecular weight excluding hydrogens is 288 g/mol. The molecule has 4 aliphatic rings. The molecule has 0 radical (unpaired) electrons. The van der Waals surface area contributed by atoms with E-state index in [9.17, 15) is 14.7 Å². The molecular formula is C20H22O3. The van der Waals surface area contributed by atoms with E-state index in [-0.39, 0.29) is 23.4 Å². The zero-order valence-corrected chi connectivity index (χ0v) is 13.6. The van der Waals surface area contributed by atoms with Gasteiger partial charge in [-0.1, -0.05) is 42.5 Å². The number of carbonyl (C=O) groups is 2. The molecule has 4 bridgehead atoms. The minimum atomic E-state index is -1.15. The van der Waals surface area contributed by atoms with E-state index in [2.05, 4.69) is 6.58 Å². The van der Waals surface area contributed by atoms with Crippen molar-refractivity contribution in [2.75, 3.05) is 0 Å². The number of hydrogen-bond acceptors (Lipinski definition) is 3. The first-order valence-electron chi connectivity index (χ1n) is 8.32. The average Bonchev–Trinajstić information content (AvgIpc) is 2.50. The summed E-state index contributed by atoms with van der Waals surface area (Å²) in [5.74, 6) is -1.45. The van der Waals surface area contributed by atoms with Crippen LogP contribution in [-0.2, 0) is 9.59 Å². The SMILES string of the molecule is C=C(C)[C@@]12C[C@H]3C(=O)[C@@H](C1)C(c1ccccc1)[C@H](C3=O)[C@]2(C)O. The molecule has 1 aromatic carbocycles. The maximum absolute atomic E-state index is 12.9. The Labute approximate surface area is 136 Å². The molecule has 3 nitrogen and oxygen atoms in total. The van der Waals surface area contributed by atoms with Gasteiger partial charge in [0.25, 0.3) is 0 Å². The van der Waals surface area contributed by atoms with E-state index < -0.39 is 22.9 Å². The standard InChI is InChI=1S/C20H22O3/c1-11(2)20-9-13-15(12-7-5-4-6-8-12)16(19(20,3)23)18(22)14(10-20)17(13)21/h4-8,13-16,23H,1,9-10H2,2-3H3/t13-,14-,15?,16+,19-,20-/m0/s1. The summed E-state index contributed by atoms with van der Waals surface area (Å²) in [6, 6.07) is 9.72. The van der Waals surface area contributed by atoms with Crippen LogP contribution in [0.5, 0.6) is 0 Å². The van der Waals surface area contributed by atoms with Crippen LogP contribution in [0.3, 0.4) is 0 Å². The highest BCUT2D eigenvalue weighted by Crippen LogP contribution is 2.68. The number of aliphatic hydroxyl groups is 1. The molecule has 5 rings (SSSR count). The minimum Gasteiger partial charge on any atom is -0.388 e. The molecule has 120 valence electrons. The lowest BCUT2D eigenvalue weighted by atomic mass is 9.38. The van der Waals surface area contributed by atoms with Crippen LogP contribution in [-0.4, -0.2) is 22.3 Å². The molecule has 4 saturated carbocycles. The van der Waals surface area contributed by atoms with Gasteiger partial charge in [0.05, 0.1) is 17.4 Å². The van der Waals surface area contributed by atoms with Gasteiger partial charge in [-0.2, -0.15) is 0 Å². The predicted octanol–water partition coefficient (Wildman–Crippen LogP) is 2.89. The summed E-state index contributed by atoms with van der Waals surface area (Å²) >= 11 is 0. The topological polar surface area (TPSA) is 54.4 Å². The average molecular weight is 310 g/mol. The molecule has 1 unspecified atom stereocenters. The van der Waals surface area contributed by atoms with E-state index in [4.69, 9.17) is 0 Å². The summed E-state index contributed by atoms with van der Waals surface area (Å²) < 4.78 is 0. The van der Waals surface area contributed by atoms with Gasteiger partial charge in [-0.3, -0.25) is 9.59 Å². The fraction of sp³-hybridized carbons (Fsp3) is 0.500. The Kier molecular flexibility index (Phi) is 2.85. The van der Waals surface area contributed by atoms with E-state index in [1.807, 2.05) is 37.3 Å². The number of carbonyl (C=O) groups excluding carboxylic acids is 2. The summed E-state index contributed by atoms with van der Waals surface area (Å²) in [5.41, 5.74) is 0.221. The molecule has 0 aliphatic heterocycles. The fourth-order valence-corrected chi connectivity index (χ4v) is 5.66. The summed E-state index contributed by atoms with van der Waals surface area (Å²) in [4.78, 5) is 25.7. The zero-order chi connectivity index (χ0) is 16.6. The van der Waals surface area contributed by atoms with Crippen molar-refractivity contribution in [1.82, 2.24) is 0 Å². The Balaban J connectivity index is 1.93. The number of hydrogen-bond donors (Lipinski definition) is 1. The Morgan fingerprint density at radius 2 is 1.83 bits per heavy atom.